The Hall–Kier alpha value is -2.50. The number of ether oxygens (including phenoxy) is 2. The molecule has 110 valence electrons. The van der Waals surface area contributed by atoms with Gasteiger partial charge in [0.1, 0.15) is 11.5 Å². The molecule has 0 saturated heterocycles. The van der Waals surface area contributed by atoms with Crippen LogP contribution in [0.3, 0.4) is 0 Å². The maximum absolute atomic E-state index is 12.2. The molecule has 0 fully saturated rings. The summed E-state index contributed by atoms with van der Waals surface area (Å²) in [6, 6.07) is 11.2. The zero-order valence-corrected chi connectivity index (χ0v) is 11.0. The van der Waals surface area contributed by atoms with E-state index >= 15 is 0 Å². The van der Waals surface area contributed by atoms with Gasteiger partial charge in [0.15, 0.2) is 5.78 Å². The fourth-order valence-corrected chi connectivity index (χ4v) is 1.74. The molecule has 0 aliphatic carbocycles. The molecule has 0 unspecified atom stereocenters. The molecule has 0 heterocycles. The average Bonchev–Trinajstić information content (AvgIpc) is 2.45. The maximum Gasteiger partial charge on any atom is 0.573 e. The topological polar surface area (TPSA) is 35.5 Å². The van der Waals surface area contributed by atoms with Crippen molar-refractivity contribution in [3.8, 4) is 11.5 Å². The van der Waals surface area contributed by atoms with E-state index in [-0.39, 0.29) is 5.56 Å². The van der Waals surface area contributed by atoms with E-state index < -0.39 is 17.9 Å². The van der Waals surface area contributed by atoms with E-state index in [9.17, 15) is 18.0 Å². The van der Waals surface area contributed by atoms with Gasteiger partial charge in [0.25, 0.3) is 0 Å². The highest BCUT2D eigenvalue weighted by Gasteiger charge is 2.31. The van der Waals surface area contributed by atoms with Gasteiger partial charge in [0.2, 0.25) is 0 Å². The highest BCUT2D eigenvalue weighted by atomic mass is 19.4. The molecule has 0 aliphatic rings. The summed E-state index contributed by atoms with van der Waals surface area (Å²) in [6.45, 7) is 0. The van der Waals surface area contributed by atoms with Crippen LogP contribution in [0.4, 0.5) is 13.2 Å². The Kier molecular flexibility index (Phi) is 4.16. The molecule has 0 bridgehead atoms. The minimum Gasteiger partial charge on any atom is -0.497 e. The van der Waals surface area contributed by atoms with E-state index in [1.165, 1.54) is 19.2 Å². The molecule has 2 aromatic rings. The smallest absolute Gasteiger partial charge is 0.497 e. The van der Waals surface area contributed by atoms with Crippen molar-refractivity contribution >= 4 is 5.78 Å². The van der Waals surface area contributed by atoms with Gasteiger partial charge in [-0.05, 0) is 36.4 Å². The third kappa shape index (κ3) is 3.98. The Morgan fingerprint density at radius 1 is 0.952 bits per heavy atom. The molecule has 0 aliphatic heterocycles. The fraction of sp³-hybridized carbons (Fsp3) is 0.133. The molecule has 0 spiro atoms. The van der Waals surface area contributed by atoms with E-state index in [4.69, 9.17) is 4.74 Å². The zero-order chi connectivity index (χ0) is 15.5. The van der Waals surface area contributed by atoms with E-state index in [2.05, 4.69) is 4.74 Å². The minimum absolute atomic E-state index is 0.113. The zero-order valence-electron chi connectivity index (χ0n) is 11.0. The third-order valence-electron chi connectivity index (χ3n) is 2.68. The van der Waals surface area contributed by atoms with Crippen LogP contribution in [0, 0.1) is 0 Å². The molecule has 2 aromatic carbocycles. The van der Waals surface area contributed by atoms with Crippen LogP contribution in [-0.4, -0.2) is 19.3 Å². The van der Waals surface area contributed by atoms with Crippen molar-refractivity contribution in [2.45, 2.75) is 6.36 Å². The highest BCUT2D eigenvalue weighted by Crippen LogP contribution is 2.24. The first-order chi connectivity index (χ1) is 9.89. The molecule has 0 atom stereocenters. The number of carbonyl (C=O) groups is 1. The van der Waals surface area contributed by atoms with Crippen molar-refractivity contribution in [1.29, 1.82) is 0 Å². The van der Waals surface area contributed by atoms with Gasteiger partial charge in [-0.25, -0.2) is 0 Å². The van der Waals surface area contributed by atoms with Crippen molar-refractivity contribution in [2.24, 2.45) is 0 Å². The third-order valence-corrected chi connectivity index (χ3v) is 2.68. The number of rotatable bonds is 4. The summed E-state index contributed by atoms with van der Waals surface area (Å²) in [7, 11) is 1.49. The summed E-state index contributed by atoms with van der Waals surface area (Å²) in [5.74, 6) is -0.243. The summed E-state index contributed by atoms with van der Waals surface area (Å²) in [5.41, 5.74) is 0.460. The van der Waals surface area contributed by atoms with Crippen molar-refractivity contribution < 1.29 is 27.4 Å². The number of methoxy groups -OCH3 is 1. The molecule has 0 amide bonds. The van der Waals surface area contributed by atoms with Crippen LogP contribution in [0.2, 0.25) is 0 Å². The number of hydrogen-bond donors (Lipinski definition) is 0. The minimum atomic E-state index is -4.79. The quantitative estimate of drug-likeness (QED) is 0.804. The van der Waals surface area contributed by atoms with Crippen LogP contribution in [0.15, 0.2) is 48.5 Å². The van der Waals surface area contributed by atoms with Gasteiger partial charge < -0.3 is 9.47 Å². The number of benzene rings is 2. The van der Waals surface area contributed by atoms with Crippen LogP contribution >= 0.6 is 0 Å². The monoisotopic (exact) mass is 296 g/mol. The van der Waals surface area contributed by atoms with Gasteiger partial charge in [-0.3, -0.25) is 4.79 Å². The van der Waals surface area contributed by atoms with Crippen molar-refractivity contribution in [3.63, 3.8) is 0 Å². The normalized spacial score (nSPS) is 11.0. The second-order valence-electron chi connectivity index (χ2n) is 4.13. The Labute approximate surface area is 118 Å². The van der Waals surface area contributed by atoms with Gasteiger partial charge in [0.05, 0.1) is 7.11 Å². The number of carbonyl (C=O) groups excluding carboxylic acids is 1. The fourth-order valence-electron chi connectivity index (χ4n) is 1.74. The van der Waals surface area contributed by atoms with Gasteiger partial charge in [-0.15, -0.1) is 13.2 Å². The molecule has 0 radical (unpaired) electrons. The highest BCUT2D eigenvalue weighted by molar-refractivity contribution is 6.09. The van der Waals surface area contributed by atoms with Gasteiger partial charge >= 0.3 is 6.36 Å². The molecule has 0 aromatic heterocycles. The van der Waals surface area contributed by atoms with Crippen molar-refractivity contribution in [2.75, 3.05) is 7.11 Å². The Balaban J connectivity index is 2.24. The van der Waals surface area contributed by atoms with E-state index in [0.29, 0.717) is 11.3 Å². The standard InChI is InChI=1S/C15H11F3O3/c1-20-12-7-5-10(6-8-12)14(19)11-3-2-4-13(9-11)21-15(16,17)18/h2-9H,1H3. The molecule has 2 rings (SSSR count). The molecular formula is C15H11F3O3. The van der Waals surface area contributed by atoms with E-state index in [1.807, 2.05) is 0 Å². The first kappa shape index (κ1) is 14.9. The van der Waals surface area contributed by atoms with Crippen LogP contribution < -0.4 is 9.47 Å². The largest absolute Gasteiger partial charge is 0.573 e. The van der Waals surface area contributed by atoms with Crippen LogP contribution in [-0.2, 0) is 0 Å². The molecule has 0 N–H and O–H groups in total. The Morgan fingerprint density at radius 3 is 2.19 bits per heavy atom. The number of halogens is 3. The summed E-state index contributed by atoms with van der Waals surface area (Å²) >= 11 is 0. The molecule has 0 saturated carbocycles. The average molecular weight is 296 g/mol. The molecule has 21 heavy (non-hydrogen) atoms. The number of ketones is 1. The molecule has 6 heteroatoms. The second kappa shape index (κ2) is 5.87. The second-order valence-corrected chi connectivity index (χ2v) is 4.13. The lowest BCUT2D eigenvalue weighted by molar-refractivity contribution is -0.274. The SMILES string of the molecule is COc1ccc(C(=O)c2cccc(OC(F)(F)F)c2)cc1. The van der Waals surface area contributed by atoms with Crippen molar-refractivity contribution in [3.05, 3.63) is 59.7 Å². The summed E-state index contributed by atoms with van der Waals surface area (Å²) in [4.78, 5) is 12.2. The van der Waals surface area contributed by atoms with E-state index in [0.717, 1.165) is 12.1 Å². The van der Waals surface area contributed by atoms with Gasteiger partial charge in [-0.1, -0.05) is 12.1 Å². The lowest BCUT2D eigenvalue weighted by atomic mass is 10.0. The predicted octanol–water partition coefficient (Wildman–Crippen LogP) is 3.82. The molecule has 3 nitrogen and oxygen atoms in total. The lowest BCUT2D eigenvalue weighted by Gasteiger charge is -2.09. The first-order valence-electron chi connectivity index (χ1n) is 5.93. The molecular weight excluding hydrogens is 285 g/mol. The summed E-state index contributed by atoms with van der Waals surface area (Å²) in [5, 5.41) is 0. The Bertz CT molecular complexity index is 633. The van der Waals surface area contributed by atoms with Crippen molar-refractivity contribution in [1.82, 2.24) is 0 Å². The predicted molar refractivity (Wildman–Crippen MR) is 69.6 cm³/mol. The van der Waals surface area contributed by atoms with Crippen LogP contribution in [0.5, 0.6) is 11.5 Å². The first-order valence-corrected chi connectivity index (χ1v) is 5.93. The van der Waals surface area contributed by atoms with Gasteiger partial charge in [-0.2, -0.15) is 0 Å². The van der Waals surface area contributed by atoms with Gasteiger partial charge in [0, 0.05) is 11.1 Å². The van der Waals surface area contributed by atoms with Crippen LogP contribution in [0.1, 0.15) is 15.9 Å². The summed E-state index contributed by atoms with van der Waals surface area (Å²) in [6.07, 6.45) is -4.79. The Morgan fingerprint density at radius 2 is 1.62 bits per heavy atom. The maximum atomic E-state index is 12.2. The number of hydrogen-bond acceptors (Lipinski definition) is 3. The van der Waals surface area contributed by atoms with E-state index in [1.54, 1.807) is 24.3 Å². The van der Waals surface area contributed by atoms with Crippen LogP contribution in [0.25, 0.3) is 0 Å². The number of alkyl halides is 3. The summed E-state index contributed by atoms with van der Waals surface area (Å²) < 4.78 is 45.2. The lowest BCUT2D eigenvalue weighted by Crippen LogP contribution is -2.17.